The van der Waals surface area contributed by atoms with E-state index in [0.717, 1.165) is 5.56 Å². The Morgan fingerprint density at radius 2 is 1.79 bits per heavy atom. The fourth-order valence-corrected chi connectivity index (χ4v) is 2.29. The number of halogens is 4. The van der Waals surface area contributed by atoms with E-state index in [9.17, 15) is 4.39 Å². The lowest BCUT2D eigenvalue weighted by Crippen LogP contribution is -2.02. The summed E-state index contributed by atoms with van der Waals surface area (Å²) in [6.45, 7) is 2.15. The summed E-state index contributed by atoms with van der Waals surface area (Å²) in [6.07, 6.45) is 0. The Hall–Kier alpha value is -0.960. The summed E-state index contributed by atoms with van der Waals surface area (Å²) in [5.74, 6) is -0.314. The molecule has 0 saturated heterocycles. The quantitative estimate of drug-likeness (QED) is 0.764. The molecule has 0 fully saturated rings. The van der Waals surface area contributed by atoms with Crippen LogP contribution >= 0.6 is 34.8 Å². The summed E-state index contributed by atoms with van der Waals surface area (Å²) in [5, 5.41) is 4.70. The molecule has 19 heavy (non-hydrogen) atoms. The SMILES string of the molecule is Cc1cc(Cl)c(NCc2cc(Cl)ccc2F)cc1Cl. The second kappa shape index (κ2) is 6.00. The van der Waals surface area contributed by atoms with E-state index < -0.39 is 0 Å². The number of benzene rings is 2. The Labute approximate surface area is 126 Å². The normalized spacial score (nSPS) is 10.6. The van der Waals surface area contributed by atoms with E-state index in [1.165, 1.54) is 12.1 Å². The summed E-state index contributed by atoms with van der Waals surface area (Å²) in [5.41, 5.74) is 2.03. The average molecular weight is 319 g/mol. The Bertz CT molecular complexity index is 614. The number of hydrogen-bond donors (Lipinski definition) is 1. The molecule has 1 N–H and O–H groups in total. The molecule has 0 saturated carbocycles. The van der Waals surface area contributed by atoms with E-state index in [4.69, 9.17) is 34.8 Å². The average Bonchev–Trinajstić information content (AvgIpc) is 2.36. The first-order valence-electron chi connectivity index (χ1n) is 5.61. The molecule has 0 radical (unpaired) electrons. The third-order valence-corrected chi connectivity index (χ3v) is 3.68. The summed E-state index contributed by atoms with van der Waals surface area (Å²) >= 11 is 18.0. The van der Waals surface area contributed by atoms with Crippen LogP contribution in [0.25, 0.3) is 0 Å². The highest BCUT2D eigenvalue weighted by atomic mass is 35.5. The molecular weight excluding hydrogens is 308 g/mol. The van der Waals surface area contributed by atoms with Gasteiger partial charge in [0.05, 0.1) is 10.7 Å². The molecule has 0 aliphatic carbocycles. The van der Waals surface area contributed by atoms with Crippen molar-refractivity contribution in [3.63, 3.8) is 0 Å². The summed E-state index contributed by atoms with van der Waals surface area (Å²) in [7, 11) is 0. The van der Waals surface area contributed by atoms with Crippen molar-refractivity contribution in [2.45, 2.75) is 13.5 Å². The lowest BCUT2D eigenvalue weighted by atomic mass is 10.2. The van der Waals surface area contributed by atoms with Gasteiger partial charge in [-0.1, -0.05) is 34.8 Å². The fraction of sp³-hybridized carbons (Fsp3) is 0.143. The molecule has 0 spiro atoms. The van der Waals surface area contributed by atoms with Crippen molar-refractivity contribution in [1.29, 1.82) is 0 Å². The molecule has 0 amide bonds. The largest absolute Gasteiger partial charge is 0.380 e. The lowest BCUT2D eigenvalue weighted by molar-refractivity contribution is 0.613. The minimum absolute atomic E-state index is 0.283. The molecule has 0 aliphatic heterocycles. The van der Waals surface area contributed by atoms with Gasteiger partial charge in [0.2, 0.25) is 0 Å². The van der Waals surface area contributed by atoms with Crippen molar-refractivity contribution in [2.24, 2.45) is 0 Å². The first-order valence-corrected chi connectivity index (χ1v) is 6.74. The van der Waals surface area contributed by atoms with E-state index in [2.05, 4.69) is 5.32 Å². The predicted molar refractivity (Wildman–Crippen MR) is 79.9 cm³/mol. The summed E-state index contributed by atoms with van der Waals surface area (Å²) < 4.78 is 13.6. The lowest BCUT2D eigenvalue weighted by Gasteiger charge is -2.11. The molecule has 0 aliphatic rings. The van der Waals surface area contributed by atoms with Gasteiger partial charge in [0.25, 0.3) is 0 Å². The van der Waals surface area contributed by atoms with Crippen LogP contribution in [0.4, 0.5) is 10.1 Å². The highest BCUT2D eigenvalue weighted by Crippen LogP contribution is 2.29. The van der Waals surface area contributed by atoms with Crippen LogP contribution in [0.15, 0.2) is 30.3 Å². The Morgan fingerprint density at radius 3 is 2.53 bits per heavy atom. The third-order valence-electron chi connectivity index (χ3n) is 2.73. The Morgan fingerprint density at radius 1 is 1.05 bits per heavy atom. The van der Waals surface area contributed by atoms with Crippen molar-refractivity contribution in [2.75, 3.05) is 5.32 Å². The molecular formula is C14H11Cl3FN. The van der Waals surface area contributed by atoms with E-state index in [0.29, 0.717) is 26.3 Å². The number of anilines is 1. The first-order chi connectivity index (χ1) is 8.97. The van der Waals surface area contributed by atoms with Crippen molar-refractivity contribution in [1.82, 2.24) is 0 Å². The molecule has 100 valence electrons. The Balaban J connectivity index is 2.19. The van der Waals surface area contributed by atoms with Gasteiger partial charge in [-0.25, -0.2) is 4.39 Å². The minimum atomic E-state index is -0.314. The van der Waals surface area contributed by atoms with Crippen molar-refractivity contribution in [3.8, 4) is 0 Å². The minimum Gasteiger partial charge on any atom is -0.380 e. The topological polar surface area (TPSA) is 12.0 Å². The standard InChI is InChI=1S/C14H11Cl3FN/c1-8-4-12(17)14(6-11(8)16)19-7-9-5-10(15)2-3-13(9)18/h2-6,19H,7H2,1H3. The van der Waals surface area contributed by atoms with Gasteiger partial charge >= 0.3 is 0 Å². The fourth-order valence-electron chi connectivity index (χ4n) is 1.65. The van der Waals surface area contributed by atoms with E-state index >= 15 is 0 Å². The van der Waals surface area contributed by atoms with Crippen LogP contribution < -0.4 is 5.32 Å². The van der Waals surface area contributed by atoms with E-state index in [1.807, 2.05) is 6.92 Å². The van der Waals surface area contributed by atoms with Crippen LogP contribution in [-0.2, 0) is 6.54 Å². The second-order valence-corrected chi connectivity index (χ2v) is 5.42. The van der Waals surface area contributed by atoms with Gasteiger partial charge in [-0.2, -0.15) is 0 Å². The molecule has 0 bridgehead atoms. The predicted octanol–water partition coefficient (Wildman–Crippen LogP) is 5.71. The zero-order valence-electron chi connectivity index (χ0n) is 10.1. The van der Waals surface area contributed by atoms with Gasteiger partial charge in [0, 0.05) is 22.2 Å². The van der Waals surface area contributed by atoms with Gasteiger partial charge in [0.1, 0.15) is 5.82 Å². The zero-order valence-corrected chi connectivity index (χ0v) is 12.4. The number of rotatable bonds is 3. The Kier molecular flexibility index (Phi) is 4.56. The van der Waals surface area contributed by atoms with Crippen LogP contribution in [0.2, 0.25) is 15.1 Å². The maximum Gasteiger partial charge on any atom is 0.128 e. The van der Waals surface area contributed by atoms with Crippen molar-refractivity contribution < 1.29 is 4.39 Å². The van der Waals surface area contributed by atoms with Gasteiger partial charge in [-0.15, -0.1) is 0 Å². The van der Waals surface area contributed by atoms with E-state index in [1.54, 1.807) is 18.2 Å². The number of hydrogen-bond acceptors (Lipinski definition) is 1. The molecule has 0 aromatic heterocycles. The molecule has 5 heteroatoms. The molecule has 0 unspecified atom stereocenters. The van der Waals surface area contributed by atoms with Gasteiger partial charge < -0.3 is 5.32 Å². The second-order valence-electron chi connectivity index (χ2n) is 4.17. The van der Waals surface area contributed by atoms with Crippen LogP contribution in [0.5, 0.6) is 0 Å². The first kappa shape index (κ1) is 14.4. The molecule has 2 aromatic rings. The third kappa shape index (κ3) is 3.53. The monoisotopic (exact) mass is 317 g/mol. The molecule has 0 heterocycles. The zero-order chi connectivity index (χ0) is 14.0. The maximum absolute atomic E-state index is 13.6. The highest BCUT2D eigenvalue weighted by Gasteiger charge is 2.07. The smallest absolute Gasteiger partial charge is 0.128 e. The molecule has 1 nitrogen and oxygen atoms in total. The molecule has 2 rings (SSSR count). The molecule has 0 atom stereocenters. The van der Waals surface area contributed by atoms with Crippen LogP contribution in [0.3, 0.4) is 0 Å². The van der Waals surface area contributed by atoms with Crippen molar-refractivity contribution in [3.05, 3.63) is 62.3 Å². The summed E-state index contributed by atoms with van der Waals surface area (Å²) in [6, 6.07) is 7.91. The van der Waals surface area contributed by atoms with Gasteiger partial charge in [-0.05, 0) is 42.8 Å². The van der Waals surface area contributed by atoms with Crippen LogP contribution in [-0.4, -0.2) is 0 Å². The highest BCUT2D eigenvalue weighted by molar-refractivity contribution is 6.35. The number of aryl methyl sites for hydroxylation is 1. The van der Waals surface area contributed by atoms with E-state index in [-0.39, 0.29) is 12.4 Å². The van der Waals surface area contributed by atoms with Crippen LogP contribution in [0.1, 0.15) is 11.1 Å². The van der Waals surface area contributed by atoms with Crippen LogP contribution in [0, 0.1) is 12.7 Å². The van der Waals surface area contributed by atoms with Crippen molar-refractivity contribution >= 4 is 40.5 Å². The van der Waals surface area contributed by atoms with Gasteiger partial charge in [0.15, 0.2) is 0 Å². The van der Waals surface area contributed by atoms with Gasteiger partial charge in [-0.3, -0.25) is 0 Å². The summed E-state index contributed by atoms with van der Waals surface area (Å²) in [4.78, 5) is 0. The maximum atomic E-state index is 13.6. The number of nitrogens with one attached hydrogen (secondary N) is 1. The molecule has 2 aromatic carbocycles.